The number of amides is 1. The molecule has 0 atom stereocenters. The third kappa shape index (κ3) is 4.03. The van der Waals surface area contributed by atoms with E-state index in [2.05, 4.69) is 15.5 Å². The second-order valence-corrected chi connectivity index (χ2v) is 6.08. The molecule has 0 fully saturated rings. The van der Waals surface area contributed by atoms with Crippen LogP contribution in [0.2, 0.25) is 5.02 Å². The number of aromatic amines is 1. The van der Waals surface area contributed by atoms with E-state index in [0.717, 1.165) is 11.1 Å². The third-order valence-electron chi connectivity index (χ3n) is 3.93. The van der Waals surface area contributed by atoms with Gasteiger partial charge in [0.25, 0.3) is 5.91 Å². The largest absolute Gasteiger partial charge is 0.494 e. The lowest BCUT2D eigenvalue weighted by atomic mass is 10.1. The SMILES string of the molecule is COc1ccc(CCNC(=O)c2cn[nH]c2-c2ccc(Cl)cc2)cc1F. The lowest BCUT2D eigenvalue weighted by molar-refractivity contribution is 0.0955. The quantitative estimate of drug-likeness (QED) is 0.689. The van der Waals surface area contributed by atoms with Crippen molar-refractivity contribution in [2.24, 2.45) is 0 Å². The fraction of sp³-hybridized carbons (Fsp3) is 0.158. The average molecular weight is 374 g/mol. The van der Waals surface area contributed by atoms with Gasteiger partial charge in [0.1, 0.15) is 0 Å². The normalized spacial score (nSPS) is 10.6. The molecule has 1 amide bonds. The molecule has 0 saturated carbocycles. The van der Waals surface area contributed by atoms with Crippen molar-refractivity contribution in [3.8, 4) is 17.0 Å². The molecule has 0 radical (unpaired) electrons. The van der Waals surface area contributed by atoms with Gasteiger partial charge in [0.2, 0.25) is 0 Å². The molecule has 0 bridgehead atoms. The molecule has 0 unspecified atom stereocenters. The second kappa shape index (κ2) is 8.01. The molecular weight excluding hydrogens is 357 g/mol. The van der Waals surface area contributed by atoms with Gasteiger partial charge in [-0.1, -0.05) is 29.8 Å². The molecule has 134 valence electrons. The first-order chi connectivity index (χ1) is 12.6. The zero-order valence-corrected chi connectivity index (χ0v) is 14.8. The van der Waals surface area contributed by atoms with Gasteiger partial charge in [-0.2, -0.15) is 5.10 Å². The fourth-order valence-corrected chi connectivity index (χ4v) is 2.70. The number of rotatable bonds is 6. The Hall–Kier alpha value is -2.86. The molecule has 0 aliphatic carbocycles. The topological polar surface area (TPSA) is 67.0 Å². The highest BCUT2D eigenvalue weighted by Crippen LogP contribution is 2.23. The van der Waals surface area contributed by atoms with Crippen molar-refractivity contribution in [3.05, 3.63) is 70.6 Å². The van der Waals surface area contributed by atoms with Gasteiger partial charge in [0, 0.05) is 17.1 Å². The molecule has 0 saturated heterocycles. The zero-order valence-electron chi connectivity index (χ0n) is 14.1. The highest BCUT2D eigenvalue weighted by atomic mass is 35.5. The molecule has 7 heteroatoms. The Balaban J connectivity index is 1.63. The van der Waals surface area contributed by atoms with Crippen LogP contribution in [0.15, 0.2) is 48.7 Å². The van der Waals surface area contributed by atoms with E-state index in [9.17, 15) is 9.18 Å². The lowest BCUT2D eigenvalue weighted by Gasteiger charge is -2.08. The van der Waals surface area contributed by atoms with Crippen molar-refractivity contribution in [1.82, 2.24) is 15.5 Å². The van der Waals surface area contributed by atoms with Gasteiger partial charge in [0.15, 0.2) is 11.6 Å². The van der Waals surface area contributed by atoms with E-state index < -0.39 is 5.82 Å². The molecule has 3 rings (SSSR count). The van der Waals surface area contributed by atoms with E-state index in [1.165, 1.54) is 19.4 Å². The van der Waals surface area contributed by atoms with Crippen molar-refractivity contribution < 1.29 is 13.9 Å². The molecule has 0 spiro atoms. The number of ether oxygens (including phenoxy) is 1. The maximum atomic E-state index is 13.7. The Morgan fingerprint density at radius 1 is 1.27 bits per heavy atom. The number of halogens is 2. The predicted molar refractivity (Wildman–Crippen MR) is 98.0 cm³/mol. The molecule has 1 aromatic heterocycles. The highest BCUT2D eigenvalue weighted by Gasteiger charge is 2.15. The van der Waals surface area contributed by atoms with Gasteiger partial charge in [-0.25, -0.2) is 4.39 Å². The summed E-state index contributed by atoms with van der Waals surface area (Å²) in [6, 6.07) is 11.9. The second-order valence-electron chi connectivity index (χ2n) is 5.64. The first-order valence-electron chi connectivity index (χ1n) is 7.98. The number of nitrogens with one attached hydrogen (secondary N) is 2. The lowest BCUT2D eigenvalue weighted by Crippen LogP contribution is -2.25. The fourth-order valence-electron chi connectivity index (χ4n) is 2.58. The maximum absolute atomic E-state index is 13.7. The maximum Gasteiger partial charge on any atom is 0.255 e. The smallest absolute Gasteiger partial charge is 0.255 e. The van der Waals surface area contributed by atoms with Crippen LogP contribution in [0.25, 0.3) is 11.3 Å². The summed E-state index contributed by atoms with van der Waals surface area (Å²) >= 11 is 5.89. The van der Waals surface area contributed by atoms with Crippen molar-refractivity contribution >= 4 is 17.5 Å². The van der Waals surface area contributed by atoms with Crippen molar-refractivity contribution in [1.29, 1.82) is 0 Å². The number of hydrogen-bond acceptors (Lipinski definition) is 3. The number of aromatic nitrogens is 2. The molecular formula is C19H17ClFN3O2. The molecule has 2 N–H and O–H groups in total. The van der Waals surface area contributed by atoms with E-state index in [4.69, 9.17) is 16.3 Å². The van der Waals surface area contributed by atoms with Gasteiger partial charge in [0.05, 0.1) is 24.6 Å². The summed E-state index contributed by atoms with van der Waals surface area (Å²) in [5.74, 6) is -0.474. The minimum atomic E-state index is -0.420. The van der Waals surface area contributed by atoms with Crippen LogP contribution in [0, 0.1) is 5.82 Å². The molecule has 3 aromatic rings. The van der Waals surface area contributed by atoms with Crippen molar-refractivity contribution in [2.45, 2.75) is 6.42 Å². The van der Waals surface area contributed by atoms with Gasteiger partial charge in [-0.05, 0) is 36.2 Å². The van der Waals surface area contributed by atoms with Crippen molar-refractivity contribution in [2.75, 3.05) is 13.7 Å². The van der Waals surface area contributed by atoms with Crippen LogP contribution in [-0.4, -0.2) is 29.8 Å². The monoisotopic (exact) mass is 373 g/mol. The minimum absolute atomic E-state index is 0.198. The van der Waals surface area contributed by atoms with E-state index in [-0.39, 0.29) is 11.7 Å². The molecule has 26 heavy (non-hydrogen) atoms. The Morgan fingerprint density at radius 2 is 2.04 bits per heavy atom. The van der Waals surface area contributed by atoms with Crippen LogP contribution in [-0.2, 0) is 6.42 Å². The molecule has 2 aromatic carbocycles. The minimum Gasteiger partial charge on any atom is -0.494 e. The van der Waals surface area contributed by atoms with E-state index in [1.54, 1.807) is 24.3 Å². The number of nitrogens with zero attached hydrogens (tertiary/aromatic N) is 1. The number of benzene rings is 2. The summed E-state index contributed by atoms with van der Waals surface area (Å²) < 4.78 is 18.6. The van der Waals surface area contributed by atoms with Crippen LogP contribution < -0.4 is 10.1 Å². The first-order valence-corrected chi connectivity index (χ1v) is 8.36. The number of methoxy groups -OCH3 is 1. The van der Waals surface area contributed by atoms with Crippen LogP contribution in [0.5, 0.6) is 5.75 Å². The predicted octanol–water partition coefficient (Wildman–Crippen LogP) is 3.85. The standard InChI is InChI=1S/C19H17ClFN3O2/c1-26-17-7-2-12(10-16(17)21)8-9-22-19(25)15-11-23-24-18(15)13-3-5-14(20)6-4-13/h2-7,10-11H,8-9H2,1H3,(H,22,25)(H,23,24). The van der Waals surface area contributed by atoms with E-state index in [0.29, 0.717) is 29.2 Å². The summed E-state index contributed by atoms with van der Waals surface area (Å²) in [7, 11) is 1.42. The molecule has 5 nitrogen and oxygen atoms in total. The van der Waals surface area contributed by atoms with Crippen LogP contribution in [0.3, 0.4) is 0 Å². The van der Waals surface area contributed by atoms with Gasteiger partial charge < -0.3 is 10.1 Å². The Morgan fingerprint density at radius 3 is 2.73 bits per heavy atom. The van der Waals surface area contributed by atoms with Gasteiger partial charge in [-0.3, -0.25) is 9.89 Å². The number of H-pyrrole nitrogens is 1. The van der Waals surface area contributed by atoms with Crippen LogP contribution in [0.4, 0.5) is 4.39 Å². The Kier molecular flexibility index (Phi) is 5.53. The first kappa shape index (κ1) is 17.9. The van der Waals surface area contributed by atoms with E-state index >= 15 is 0 Å². The summed E-state index contributed by atoms with van der Waals surface area (Å²) in [5, 5.41) is 10.2. The third-order valence-corrected chi connectivity index (χ3v) is 4.18. The summed E-state index contributed by atoms with van der Waals surface area (Å²) in [5.41, 5.74) is 2.64. The van der Waals surface area contributed by atoms with Gasteiger partial charge >= 0.3 is 0 Å². The van der Waals surface area contributed by atoms with Crippen LogP contribution in [0.1, 0.15) is 15.9 Å². The molecule has 0 aliphatic heterocycles. The number of hydrogen-bond donors (Lipinski definition) is 2. The summed E-state index contributed by atoms with van der Waals surface area (Å²) in [6.45, 7) is 0.371. The summed E-state index contributed by atoms with van der Waals surface area (Å²) in [6.07, 6.45) is 1.98. The Labute approximate surface area is 155 Å². The average Bonchev–Trinajstić information content (AvgIpc) is 3.12. The molecule has 1 heterocycles. The Bertz CT molecular complexity index is 909. The summed E-state index contributed by atoms with van der Waals surface area (Å²) in [4.78, 5) is 12.4. The highest BCUT2D eigenvalue weighted by molar-refractivity contribution is 6.30. The molecule has 0 aliphatic rings. The zero-order chi connectivity index (χ0) is 18.5. The van der Waals surface area contributed by atoms with E-state index in [1.807, 2.05) is 12.1 Å². The van der Waals surface area contributed by atoms with Crippen molar-refractivity contribution in [3.63, 3.8) is 0 Å². The number of carbonyl (C=O) groups excluding carboxylic acids is 1. The number of carbonyl (C=O) groups is 1. The van der Waals surface area contributed by atoms with Gasteiger partial charge in [-0.15, -0.1) is 0 Å². The van der Waals surface area contributed by atoms with Crippen LogP contribution >= 0.6 is 11.6 Å².